The van der Waals surface area contributed by atoms with Gasteiger partial charge < -0.3 is 5.32 Å². The normalized spacial score (nSPS) is 16.6. The van der Waals surface area contributed by atoms with Crippen LogP contribution in [-0.2, 0) is 0 Å². The van der Waals surface area contributed by atoms with Crippen molar-refractivity contribution in [2.24, 2.45) is 5.92 Å². The molecule has 18 heavy (non-hydrogen) atoms. The highest BCUT2D eigenvalue weighted by Gasteiger charge is 2.33. The summed E-state index contributed by atoms with van der Waals surface area (Å²) in [7, 11) is 0. The summed E-state index contributed by atoms with van der Waals surface area (Å²) in [4.78, 5) is 1.25. The topological polar surface area (TPSA) is 12.0 Å². The predicted molar refractivity (Wildman–Crippen MR) is 74.8 cm³/mol. The van der Waals surface area contributed by atoms with Gasteiger partial charge in [0.1, 0.15) is 5.82 Å². The molecule has 1 N–H and O–H groups in total. The lowest BCUT2D eigenvalue weighted by Gasteiger charge is -2.19. The van der Waals surface area contributed by atoms with Crippen LogP contribution in [0.25, 0.3) is 0 Å². The summed E-state index contributed by atoms with van der Waals surface area (Å²) in [6.45, 7) is 0. The van der Waals surface area contributed by atoms with Crippen LogP contribution in [0.5, 0.6) is 0 Å². The molecule has 1 fully saturated rings. The van der Waals surface area contributed by atoms with Crippen molar-refractivity contribution >= 4 is 28.6 Å². The Morgan fingerprint density at radius 1 is 1.28 bits per heavy atom. The van der Waals surface area contributed by atoms with Gasteiger partial charge in [-0.2, -0.15) is 0 Å². The van der Waals surface area contributed by atoms with E-state index in [-0.39, 0.29) is 11.9 Å². The zero-order chi connectivity index (χ0) is 12.5. The molecule has 1 unspecified atom stereocenters. The lowest BCUT2D eigenvalue weighted by atomic mass is 10.1. The van der Waals surface area contributed by atoms with E-state index >= 15 is 0 Å². The summed E-state index contributed by atoms with van der Waals surface area (Å²) in [5.74, 6) is 0.309. The molecule has 0 aliphatic heterocycles. The molecular formula is C14H13ClFNS. The van der Waals surface area contributed by atoms with E-state index in [1.54, 1.807) is 23.5 Å². The fourth-order valence-corrected chi connectivity index (χ4v) is 3.20. The number of halogens is 2. The van der Waals surface area contributed by atoms with Gasteiger partial charge in [0.15, 0.2) is 0 Å². The molecule has 0 radical (unpaired) electrons. The first kappa shape index (κ1) is 12.0. The van der Waals surface area contributed by atoms with Crippen LogP contribution in [-0.4, -0.2) is 0 Å². The van der Waals surface area contributed by atoms with Gasteiger partial charge in [-0.1, -0.05) is 23.7 Å². The number of benzene rings is 1. The highest BCUT2D eigenvalue weighted by molar-refractivity contribution is 7.10. The van der Waals surface area contributed by atoms with Gasteiger partial charge in [-0.25, -0.2) is 4.39 Å². The van der Waals surface area contributed by atoms with Gasteiger partial charge in [-0.3, -0.25) is 0 Å². The Hall–Kier alpha value is -1.06. The molecule has 1 aliphatic rings. The third kappa shape index (κ3) is 2.38. The molecule has 1 aliphatic carbocycles. The lowest BCUT2D eigenvalue weighted by molar-refractivity contribution is 0.618. The smallest absolute Gasteiger partial charge is 0.147 e. The second-order valence-corrected chi connectivity index (χ2v) is 5.96. The number of anilines is 1. The molecule has 94 valence electrons. The molecule has 1 heterocycles. The van der Waals surface area contributed by atoms with E-state index in [1.165, 1.54) is 23.8 Å². The maximum atomic E-state index is 13.8. The number of hydrogen-bond acceptors (Lipinski definition) is 2. The summed E-state index contributed by atoms with van der Waals surface area (Å²) < 4.78 is 13.8. The van der Waals surface area contributed by atoms with Gasteiger partial charge >= 0.3 is 0 Å². The Morgan fingerprint density at radius 3 is 2.72 bits per heavy atom. The van der Waals surface area contributed by atoms with Crippen LogP contribution in [0.3, 0.4) is 0 Å². The van der Waals surface area contributed by atoms with Gasteiger partial charge in [0.25, 0.3) is 0 Å². The van der Waals surface area contributed by atoms with Crippen LogP contribution in [0.2, 0.25) is 5.02 Å². The van der Waals surface area contributed by atoms with E-state index in [2.05, 4.69) is 16.8 Å². The zero-order valence-corrected chi connectivity index (χ0v) is 11.3. The van der Waals surface area contributed by atoms with Gasteiger partial charge in [0, 0.05) is 4.88 Å². The number of rotatable bonds is 4. The summed E-state index contributed by atoms with van der Waals surface area (Å²) in [5, 5.41) is 5.78. The molecule has 0 saturated heterocycles. The first-order valence-electron chi connectivity index (χ1n) is 5.99. The Labute approximate surface area is 115 Å². The average Bonchev–Trinajstić information content (AvgIpc) is 3.04. The summed E-state index contributed by atoms with van der Waals surface area (Å²) in [5.41, 5.74) is 0.421. The quantitative estimate of drug-likeness (QED) is 0.822. The van der Waals surface area contributed by atoms with E-state index in [1.807, 2.05) is 6.07 Å². The van der Waals surface area contributed by atoms with Crippen LogP contribution < -0.4 is 5.32 Å². The van der Waals surface area contributed by atoms with Crippen molar-refractivity contribution < 1.29 is 4.39 Å². The molecule has 1 aromatic carbocycles. The fourth-order valence-electron chi connectivity index (χ4n) is 2.11. The lowest BCUT2D eigenvalue weighted by Crippen LogP contribution is -2.12. The zero-order valence-electron chi connectivity index (χ0n) is 9.70. The van der Waals surface area contributed by atoms with Gasteiger partial charge in [0.05, 0.1) is 16.8 Å². The molecule has 1 saturated carbocycles. The average molecular weight is 282 g/mol. The molecule has 3 rings (SSSR count). The van der Waals surface area contributed by atoms with Crippen molar-refractivity contribution in [2.45, 2.75) is 18.9 Å². The first-order valence-corrected chi connectivity index (χ1v) is 7.25. The van der Waals surface area contributed by atoms with Crippen LogP contribution in [0.4, 0.5) is 10.1 Å². The monoisotopic (exact) mass is 281 g/mol. The van der Waals surface area contributed by atoms with E-state index < -0.39 is 0 Å². The molecule has 0 bridgehead atoms. The van der Waals surface area contributed by atoms with E-state index in [4.69, 9.17) is 11.6 Å². The largest absolute Gasteiger partial charge is 0.374 e. The molecule has 1 nitrogen and oxygen atoms in total. The first-order chi connectivity index (χ1) is 8.75. The highest BCUT2D eigenvalue weighted by Crippen LogP contribution is 2.45. The van der Waals surface area contributed by atoms with Gasteiger partial charge in [0.2, 0.25) is 0 Å². The Kier molecular flexibility index (Phi) is 3.27. The number of nitrogens with one attached hydrogen (secondary N) is 1. The van der Waals surface area contributed by atoms with Crippen molar-refractivity contribution in [3.05, 3.63) is 51.4 Å². The van der Waals surface area contributed by atoms with Crippen LogP contribution >= 0.6 is 22.9 Å². The van der Waals surface area contributed by atoms with Crippen molar-refractivity contribution in [1.29, 1.82) is 0 Å². The minimum absolute atomic E-state index is 0.180. The predicted octanol–water partition coefficient (Wildman–Crippen LogP) is 5.10. The summed E-state index contributed by atoms with van der Waals surface area (Å²) in [6, 6.07) is 9.08. The molecule has 2 aromatic rings. The summed E-state index contributed by atoms with van der Waals surface area (Å²) in [6.07, 6.45) is 2.39. The molecule has 1 aromatic heterocycles. The standard InChI is InChI=1S/C14H13ClFNS/c15-10-3-1-4-11(16)14(10)17-13(9-6-7-9)12-5-2-8-18-12/h1-5,8-9,13,17H,6-7H2. The third-order valence-corrected chi connectivity index (χ3v) is 4.48. The minimum Gasteiger partial charge on any atom is -0.374 e. The maximum Gasteiger partial charge on any atom is 0.147 e. The van der Waals surface area contributed by atoms with E-state index in [0.29, 0.717) is 16.6 Å². The molecular weight excluding hydrogens is 269 g/mol. The van der Waals surface area contributed by atoms with Crippen molar-refractivity contribution in [2.75, 3.05) is 5.32 Å². The Bertz CT molecular complexity index is 516. The van der Waals surface area contributed by atoms with Crippen molar-refractivity contribution in [3.63, 3.8) is 0 Å². The second-order valence-electron chi connectivity index (χ2n) is 4.57. The van der Waals surface area contributed by atoms with Crippen molar-refractivity contribution in [3.8, 4) is 0 Å². The highest BCUT2D eigenvalue weighted by atomic mass is 35.5. The Balaban J connectivity index is 1.89. The second kappa shape index (κ2) is 4.90. The van der Waals surface area contributed by atoms with Crippen LogP contribution in [0.15, 0.2) is 35.7 Å². The SMILES string of the molecule is Fc1cccc(Cl)c1NC(c1cccs1)C1CC1. The molecule has 1 atom stereocenters. The van der Waals surface area contributed by atoms with Crippen molar-refractivity contribution in [1.82, 2.24) is 0 Å². The van der Waals surface area contributed by atoms with Crippen LogP contribution in [0.1, 0.15) is 23.8 Å². The molecule has 0 amide bonds. The Morgan fingerprint density at radius 2 is 2.11 bits per heavy atom. The third-order valence-electron chi connectivity index (χ3n) is 3.21. The number of thiophene rings is 1. The van der Waals surface area contributed by atoms with Gasteiger partial charge in [-0.05, 0) is 42.3 Å². The van der Waals surface area contributed by atoms with Gasteiger partial charge in [-0.15, -0.1) is 11.3 Å². The molecule has 4 heteroatoms. The fraction of sp³-hybridized carbons (Fsp3) is 0.286. The number of hydrogen-bond donors (Lipinski definition) is 1. The van der Waals surface area contributed by atoms with Crippen LogP contribution in [0, 0.1) is 11.7 Å². The maximum absolute atomic E-state index is 13.8. The minimum atomic E-state index is -0.287. The number of para-hydroxylation sites is 1. The summed E-state index contributed by atoms with van der Waals surface area (Å²) >= 11 is 7.76. The van der Waals surface area contributed by atoms with E-state index in [9.17, 15) is 4.39 Å². The van der Waals surface area contributed by atoms with E-state index in [0.717, 1.165) is 0 Å². The molecule has 0 spiro atoms.